The van der Waals surface area contributed by atoms with Gasteiger partial charge in [0.25, 0.3) is 0 Å². The molecule has 0 heterocycles. The van der Waals surface area contributed by atoms with Gasteiger partial charge in [-0.25, -0.2) is 4.79 Å². The largest absolute Gasteiger partial charge is 0.444 e. The number of alkyl carbamates (subject to hydrolysis) is 1. The van der Waals surface area contributed by atoms with Crippen LogP contribution in [-0.2, 0) is 4.74 Å². The van der Waals surface area contributed by atoms with Crippen LogP contribution in [-0.4, -0.2) is 43.3 Å². The molecular weight excluding hydrogens is 252 g/mol. The summed E-state index contributed by atoms with van der Waals surface area (Å²) in [5.41, 5.74) is -0.433. The smallest absolute Gasteiger partial charge is 0.407 e. The summed E-state index contributed by atoms with van der Waals surface area (Å²) in [4.78, 5) is 14.1. The number of nitrogens with zero attached hydrogens (tertiary/aromatic N) is 1. The molecule has 1 rings (SSSR count). The Bertz CT molecular complexity index is 291. The van der Waals surface area contributed by atoms with Gasteiger partial charge in [-0.15, -0.1) is 0 Å². The van der Waals surface area contributed by atoms with Crippen LogP contribution in [0.15, 0.2) is 0 Å². The third-order valence-electron chi connectivity index (χ3n) is 3.65. The molecule has 118 valence electrons. The van der Waals surface area contributed by atoms with E-state index < -0.39 is 5.60 Å². The number of rotatable bonds is 5. The fourth-order valence-corrected chi connectivity index (χ4v) is 2.92. The zero-order chi connectivity index (χ0) is 15.2. The van der Waals surface area contributed by atoms with Gasteiger partial charge in [-0.1, -0.05) is 32.1 Å². The third-order valence-corrected chi connectivity index (χ3v) is 3.65. The molecule has 0 spiro atoms. The fourth-order valence-electron chi connectivity index (χ4n) is 2.92. The summed E-state index contributed by atoms with van der Waals surface area (Å²) >= 11 is 0. The van der Waals surface area contributed by atoms with Gasteiger partial charge in [0.05, 0.1) is 0 Å². The van der Waals surface area contributed by atoms with Crippen molar-refractivity contribution in [1.29, 1.82) is 0 Å². The lowest BCUT2D eigenvalue weighted by atomic mass is 9.85. The molecule has 0 bridgehead atoms. The van der Waals surface area contributed by atoms with Gasteiger partial charge >= 0.3 is 6.09 Å². The van der Waals surface area contributed by atoms with Crippen LogP contribution in [0.25, 0.3) is 0 Å². The molecule has 4 nitrogen and oxygen atoms in total. The van der Waals surface area contributed by atoms with Gasteiger partial charge in [-0.3, -0.25) is 0 Å². The van der Waals surface area contributed by atoms with Crippen molar-refractivity contribution < 1.29 is 9.53 Å². The first-order valence-electron chi connectivity index (χ1n) is 7.90. The zero-order valence-corrected chi connectivity index (χ0v) is 13.9. The Labute approximate surface area is 124 Å². The van der Waals surface area contributed by atoms with Crippen molar-refractivity contribution >= 4 is 6.09 Å². The number of hydrogen-bond donors (Lipinski definition) is 1. The normalized spacial score (nSPS) is 18.9. The van der Waals surface area contributed by atoms with E-state index in [-0.39, 0.29) is 12.1 Å². The molecule has 0 aromatic carbocycles. The molecule has 0 aliphatic heterocycles. The van der Waals surface area contributed by atoms with Crippen LogP contribution in [0.2, 0.25) is 0 Å². The van der Waals surface area contributed by atoms with Crippen LogP contribution in [0.4, 0.5) is 4.79 Å². The Hall–Kier alpha value is -0.770. The van der Waals surface area contributed by atoms with Crippen LogP contribution in [0.1, 0.15) is 59.3 Å². The van der Waals surface area contributed by atoms with E-state index in [1.807, 2.05) is 34.9 Å². The molecule has 0 aromatic rings. The molecule has 1 aliphatic rings. The number of carbonyl (C=O) groups is 1. The first-order chi connectivity index (χ1) is 9.26. The zero-order valence-electron chi connectivity index (χ0n) is 13.9. The highest BCUT2D eigenvalue weighted by Gasteiger charge is 2.23. The van der Waals surface area contributed by atoms with Crippen LogP contribution in [0.5, 0.6) is 0 Å². The minimum atomic E-state index is -0.433. The van der Waals surface area contributed by atoms with E-state index in [2.05, 4.69) is 10.2 Å². The topological polar surface area (TPSA) is 41.6 Å². The van der Waals surface area contributed by atoms with E-state index in [4.69, 9.17) is 4.74 Å². The second-order valence-electron chi connectivity index (χ2n) is 7.35. The number of nitrogens with one attached hydrogen (secondary N) is 1. The van der Waals surface area contributed by atoms with Gasteiger partial charge < -0.3 is 15.0 Å². The Morgan fingerprint density at radius 2 is 1.85 bits per heavy atom. The van der Waals surface area contributed by atoms with Crippen LogP contribution in [0, 0.1) is 5.92 Å². The number of ether oxygens (including phenoxy) is 1. The predicted molar refractivity (Wildman–Crippen MR) is 82.9 cm³/mol. The van der Waals surface area contributed by atoms with Crippen molar-refractivity contribution in [3.8, 4) is 0 Å². The Kier molecular flexibility index (Phi) is 6.80. The Morgan fingerprint density at radius 1 is 1.25 bits per heavy atom. The second-order valence-corrected chi connectivity index (χ2v) is 7.35. The highest BCUT2D eigenvalue weighted by atomic mass is 16.6. The predicted octanol–water partition coefficient (Wildman–Crippen LogP) is 3.41. The maximum absolute atomic E-state index is 11.9. The van der Waals surface area contributed by atoms with Crippen LogP contribution < -0.4 is 5.32 Å². The molecule has 0 aromatic heterocycles. The van der Waals surface area contributed by atoms with Crippen molar-refractivity contribution in [3.63, 3.8) is 0 Å². The first kappa shape index (κ1) is 17.3. The van der Waals surface area contributed by atoms with E-state index in [1.54, 1.807) is 0 Å². The maximum Gasteiger partial charge on any atom is 0.407 e. The fraction of sp³-hybridized carbons (Fsp3) is 0.938. The van der Waals surface area contributed by atoms with Crippen molar-refractivity contribution in [1.82, 2.24) is 10.2 Å². The standard InChI is InChI=1S/C16H32N2O2/c1-16(2,3)20-15(19)17-14(12-18(4)5)11-13-9-7-6-8-10-13/h13-14H,6-12H2,1-5H3,(H,17,19). The monoisotopic (exact) mass is 284 g/mol. The highest BCUT2D eigenvalue weighted by molar-refractivity contribution is 5.68. The van der Waals surface area contributed by atoms with Gasteiger partial charge in [0.1, 0.15) is 5.60 Å². The summed E-state index contributed by atoms with van der Waals surface area (Å²) in [6.07, 6.45) is 7.43. The summed E-state index contributed by atoms with van der Waals surface area (Å²) in [7, 11) is 4.09. The second kappa shape index (κ2) is 7.87. The van der Waals surface area contributed by atoms with Gasteiger partial charge in [0.2, 0.25) is 0 Å². The van der Waals surface area contributed by atoms with E-state index in [1.165, 1.54) is 32.1 Å². The lowest BCUT2D eigenvalue weighted by Gasteiger charge is -2.29. The molecule has 1 fully saturated rings. The molecule has 0 saturated heterocycles. The summed E-state index contributed by atoms with van der Waals surface area (Å²) in [5.74, 6) is 0.753. The van der Waals surface area contributed by atoms with Gasteiger partial charge in [-0.2, -0.15) is 0 Å². The van der Waals surface area contributed by atoms with Crippen molar-refractivity contribution in [2.24, 2.45) is 5.92 Å². The number of amides is 1. The molecule has 1 amide bonds. The number of carbonyl (C=O) groups excluding carboxylic acids is 1. The Morgan fingerprint density at radius 3 is 2.35 bits per heavy atom. The van der Waals surface area contributed by atoms with Crippen molar-refractivity contribution in [2.45, 2.75) is 70.9 Å². The van der Waals surface area contributed by atoms with E-state index in [0.717, 1.165) is 18.9 Å². The van der Waals surface area contributed by atoms with Crippen LogP contribution >= 0.6 is 0 Å². The minimum Gasteiger partial charge on any atom is -0.444 e. The van der Waals surface area contributed by atoms with Gasteiger partial charge in [0, 0.05) is 12.6 Å². The molecule has 20 heavy (non-hydrogen) atoms. The molecule has 0 radical (unpaired) electrons. The van der Waals surface area contributed by atoms with E-state index in [0.29, 0.717) is 0 Å². The molecule has 1 aliphatic carbocycles. The average Bonchev–Trinajstić information content (AvgIpc) is 2.26. The number of likely N-dealkylation sites (N-methyl/N-ethyl adjacent to an activating group) is 1. The Balaban J connectivity index is 2.48. The van der Waals surface area contributed by atoms with Crippen molar-refractivity contribution in [2.75, 3.05) is 20.6 Å². The average molecular weight is 284 g/mol. The minimum absolute atomic E-state index is 0.183. The van der Waals surface area contributed by atoms with Crippen LogP contribution in [0.3, 0.4) is 0 Å². The molecule has 1 atom stereocenters. The van der Waals surface area contributed by atoms with E-state index in [9.17, 15) is 4.79 Å². The molecule has 4 heteroatoms. The highest BCUT2D eigenvalue weighted by Crippen LogP contribution is 2.27. The molecule has 1 N–H and O–H groups in total. The van der Waals surface area contributed by atoms with Gasteiger partial charge in [0.15, 0.2) is 0 Å². The maximum atomic E-state index is 11.9. The summed E-state index contributed by atoms with van der Waals surface area (Å²) in [6.45, 7) is 6.56. The third kappa shape index (κ3) is 7.73. The van der Waals surface area contributed by atoms with Crippen molar-refractivity contribution in [3.05, 3.63) is 0 Å². The molecule has 1 unspecified atom stereocenters. The lowest BCUT2D eigenvalue weighted by Crippen LogP contribution is -2.45. The summed E-state index contributed by atoms with van der Waals surface area (Å²) in [6, 6.07) is 0.183. The quantitative estimate of drug-likeness (QED) is 0.841. The number of hydrogen-bond acceptors (Lipinski definition) is 3. The van der Waals surface area contributed by atoms with E-state index >= 15 is 0 Å². The summed E-state index contributed by atoms with van der Waals surface area (Å²) < 4.78 is 5.37. The molecular formula is C16H32N2O2. The SMILES string of the molecule is CN(C)CC(CC1CCCCC1)NC(=O)OC(C)(C)C. The first-order valence-corrected chi connectivity index (χ1v) is 7.90. The van der Waals surface area contributed by atoms with Gasteiger partial charge in [-0.05, 0) is 47.2 Å². The summed E-state index contributed by atoms with van der Waals surface area (Å²) in [5, 5.41) is 3.05. The lowest BCUT2D eigenvalue weighted by molar-refractivity contribution is 0.0486. The molecule has 1 saturated carbocycles.